The molecule has 2 aromatic heterocycles. The second-order valence-electron chi connectivity index (χ2n) is 8.45. The van der Waals surface area contributed by atoms with Crippen LogP contribution in [0.15, 0.2) is 87.9 Å². The van der Waals surface area contributed by atoms with Crippen LogP contribution in [0, 0.1) is 0 Å². The summed E-state index contributed by atoms with van der Waals surface area (Å²) in [6.07, 6.45) is 4.52. The molecule has 9 heteroatoms. The van der Waals surface area contributed by atoms with E-state index in [0.29, 0.717) is 59.2 Å². The average Bonchev–Trinajstić information content (AvgIpc) is 3.61. The maximum atomic E-state index is 12.4. The van der Waals surface area contributed by atoms with Gasteiger partial charge in [-0.2, -0.15) is 0 Å². The third-order valence-electron chi connectivity index (χ3n) is 6.02. The Bertz CT molecular complexity index is 1420. The second-order valence-corrected chi connectivity index (χ2v) is 9.30. The summed E-state index contributed by atoms with van der Waals surface area (Å²) < 4.78 is 11.0. The molecule has 0 unspecified atom stereocenters. The molecule has 3 heterocycles. The van der Waals surface area contributed by atoms with Gasteiger partial charge in [0.05, 0.1) is 11.3 Å². The average molecular weight is 536 g/mol. The summed E-state index contributed by atoms with van der Waals surface area (Å²) in [5.41, 5.74) is 2.43. The fourth-order valence-corrected chi connectivity index (χ4v) is 4.60. The third kappa shape index (κ3) is 5.90. The predicted molar refractivity (Wildman–Crippen MR) is 145 cm³/mol. The number of carbonyl (C=O) groups excluding carboxylic acids is 2. The molecule has 0 saturated carbocycles. The number of nitrogens with one attached hydrogen (secondary N) is 1. The van der Waals surface area contributed by atoms with Crippen molar-refractivity contribution in [2.24, 2.45) is 0 Å². The van der Waals surface area contributed by atoms with Crippen molar-refractivity contribution in [3.05, 3.63) is 101 Å². The van der Waals surface area contributed by atoms with Crippen LogP contribution >= 0.6 is 23.2 Å². The molecule has 2 aromatic carbocycles. The van der Waals surface area contributed by atoms with Crippen LogP contribution in [-0.2, 0) is 4.79 Å². The maximum absolute atomic E-state index is 12.4. The molecule has 0 aliphatic carbocycles. The minimum atomic E-state index is -0.278. The van der Waals surface area contributed by atoms with Crippen molar-refractivity contribution in [3.63, 3.8) is 0 Å². The normalized spacial score (nSPS) is 13.8. The molecule has 1 fully saturated rings. The minimum absolute atomic E-state index is 0.0877. The molecule has 0 atom stereocenters. The Kier molecular flexibility index (Phi) is 7.35. The van der Waals surface area contributed by atoms with Crippen LogP contribution in [0.5, 0.6) is 0 Å². The van der Waals surface area contributed by atoms with Gasteiger partial charge < -0.3 is 24.0 Å². The van der Waals surface area contributed by atoms with Gasteiger partial charge in [-0.25, -0.2) is 0 Å². The Balaban J connectivity index is 1.13. The number of amides is 2. The van der Waals surface area contributed by atoms with E-state index in [-0.39, 0.29) is 11.8 Å². The number of piperazine rings is 1. The highest BCUT2D eigenvalue weighted by Gasteiger charge is 2.23. The van der Waals surface area contributed by atoms with Gasteiger partial charge in [0.2, 0.25) is 5.91 Å². The van der Waals surface area contributed by atoms with Gasteiger partial charge in [0.1, 0.15) is 11.5 Å². The third-order valence-corrected chi connectivity index (χ3v) is 6.57. The summed E-state index contributed by atoms with van der Waals surface area (Å²) in [7, 11) is 0. The number of hydrogen-bond donors (Lipinski definition) is 1. The van der Waals surface area contributed by atoms with Gasteiger partial charge in [0.25, 0.3) is 5.91 Å². The van der Waals surface area contributed by atoms with E-state index < -0.39 is 0 Å². The first-order valence-corrected chi connectivity index (χ1v) is 12.4. The van der Waals surface area contributed by atoms with E-state index in [1.165, 1.54) is 12.3 Å². The SMILES string of the molecule is O=C(/C=C/c1ccc(-c2ccc(Cl)cc2Cl)o1)Nc1ccc(N2CCN(C(=O)c3ccco3)CC2)cc1. The molecule has 1 N–H and O–H groups in total. The van der Waals surface area contributed by atoms with Crippen molar-refractivity contribution < 1.29 is 18.4 Å². The molecular weight excluding hydrogens is 513 g/mol. The van der Waals surface area contributed by atoms with Gasteiger partial charge in [-0.3, -0.25) is 9.59 Å². The van der Waals surface area contributed by atoms with Gasteiger partial charge in [-0.15, -0.1) is 0 Å². The molecule has 2 amide bonds. The van der Waals surface area contributed by atoms with Crippen LogP contribution in [0.1, 0.15) is 16.3 Å². The van der Waals surface area contributed by atoms with Crippen LogP contribution < -0.4 is 10.2 Å². The Morgan fingerprint density at radius 2 is 1.70 bits per heavy atom. The van der Waals surface area contributed by atoms with E-state index in [0.717, 1.165) is 11.3 Å². The zero-order valence-corrected chi connectivity index (χ0v) is 21.2. The van der Waals surface area contributed by atoms with Crippen LogP contribution in [0.25, 0.3) is 17.4 Å². The van der Waals surface area contributed by atoms with Crippen molar-refractivity contribution in [1.29, 1.82) is 0 Å². The van der Waals surface area contributed by atoms with Crippen molar-refractivity contribution in [2.45, 2.75) is 0 Å². The summed E-state index contributed by atoms with van der Waals surface area (Å²) in [5.74, 6) is 1.11. The Hall–Kier alpha value is -3.94. The topological polar surface area (TPSA) is 78.9 Å². The number of halogens is 2. The van der Waals surface area contributed by atoms with Gasteiger partial charge in [-0.05, 0) is 72.8 Å². The Morgan fingerprint density at radius 1 is 0.919 bits per heavy atom. The lowest BCUT2D eigenvalue weighted by molar-refractivity contribution is -0.111. The highest BCUT2D eigenvalue weighted by Crippen LogP contribution is 2.31. The first-order valence-electron chi connectivity index (χ1n) is 11.7. The van der Waals surface area contributed by atoms with E-state index in [1.807, 2.05) is 24.3 Å². The molecule has 1 aliphatic heterocycles. The molecule has 7 nitrogen and oxygen atoms in total. The monoisotopic (exact) mass is 535 g/mol. The van der Waals surface area contributed by atoms with Gasteiger partial charge in [-0.1, -0.05) is 23.2 Å². The largest absolute Gasteiger partial charge is 0.459 e. The number of anilines is 2. The fourth-order valence-electron chi connectivity index (χ4n) is 4.10. The molecule has 1 saturated heterocycles. The zero-order chi connectivity index (χ0) is 25.8. The number of rotatable bonds is 6. The van der Waals surface area contributed by atoms with E-state index in [9.17, 15) is 9.59 Å². The molecule has 0 bridgehead atoms. The fraction of sp³-hybridized carbons (Fsp3) is 0.143. The van der Waals surface area contributed by atoms with Crippen LogP contribution in [0.4, 0.5) is 11.4 Å². The van der Waals surface area contributed by atoms with Crippen molar-refractivity contribution in [2.75, 3.05) is 36.4 Å². The first kappa shape index (κ1) is 24.7. The standard InChI is InChI=1S/C28H23Cl2N3O4/c29-19-3-10-23(24(30)18-19)25-11-8-22(37-25)9-12-27(34)31-20-4-6-21(7-5-20)32-13-15-33(16-14-32)28(35)26-2-1-17-36-26/h1-12,17-18H,13-16H2,(H,31,34)/b12-9+. The smallest absolute Gasteiger partial charge is 0.289 e. The van der Waals surface area contributed by atoms with E-state index in [1.54, 1.807) is 53.4 Å². The second kappa shape index (κ2) is 11.0. The minimum Gasteiger partial charge on any atom is -0.459 e. The molecule has 5 rings (SSSR count). The molecule has 37 heavy (non-hydrogen) atoms. The Labute approximate surface area is 223 Å². The van der Waals surface area contributed by atoms with Crippen LogP contribution in [0.2, 0.25) is 10.0 Å². The number of nitrogens with zero attached hydrogens (tertiary/aromatic N) is 2. The van der Waals surface area contributed by atoms with Gasteiger partial charge >= 0.3 is 0 Å². The van der Waals surface area contributed by atoms with E-state index >= 15 is 0 Å². The molecule has 0 radical (unpaired) electrons. The summed E-state index contributed by atoms with van der Waals surface area (Å²) in [6.45, 7) is 2.66. The van der Waals surface area contributed by atoms with E-state index in [2.05, 4.69) is 10.2 Å². The first-order chi connectivity index (χ1) is 18.0. The molecule has 4 aromatic rings. The zero-order valence-electron chi connectivity index (χ0n) is 19.7. The predicted octanol–water partition coefficient (Wildman–Crippen LogP) is 6.46. The number of furan rings is 2. The summed E-state index contributed by atoms with van der Waals surface area (Å²) in [4.78, 5) is 28.8. The highest BCUT2D eigenvalue weighted by atomic mass is 35.5. The molecule has 188 valence electrons. The summed E-state index contributed by atoms with van der Waals surface area (Å²) in [6, 6.07) is 19.8. The number of hydrogen-bond acceptors (Lipinski definition) is 5. The lowest BCUT2D eigenvalue weighted by Gasteiger charge is -2.35. The molecular formula is C28H23Cl2N3O4. The molecule has 1 aliphatic rings. The number of benzene rings is 2. The summed E-state index contributed by atoms with van der Waals surface area (Å²) in [5, 5.41) is 3.88. The lowest BCUT2D eigenvalue weighted by atomic mass is 10.2. The van der Waals surface area contributed by atoms with Crippen molar-refractivity contribution in [1.82, 2.24) is 4.90 Å². The van der Waals surface area contributed by atoms with Crippen molar-refractivity contribution in [3.8, 4) is 11.3 Å². The van der Waals surface area contributed by atoms with Crippen LogP contribution in [-0.4, -0.2) is 42.9 Å². The summed E-state index contributed by atoms with van der Waals surface area (Å²) >= 11 is 12.2. The van der Waals surface area contributed by atoms with Gasteiger partial charge in [0, 0.05) is 54.2 Å². The quantitative estimate of drug-likeness (QED) is 0.286. The lowest BCUT2D eigenvalue weighted by Crippen LogP contribution is -2.48. The highest BCUT2D eigenvalue weighted by molar-refractivity contribution is 6.36. The van der Waals surface area contributed by atoms with Crippen molar-refractivity contribution >= 4 is 52.5 Å². The Morgan fingerprint density at radius 3 is 2.41 bits per heavy atom. The van der Waals surface area contributed by atoms with Crippen LogP contribution in [0.3, 0.4) is 0 Å². The van der Waals surface area contributed by atoms with Gasteiger partial charge in [0.15, 0.2) is 5.76 Å². The number of carbonyl (C=O) groups is 2. The van der Waals surface area contributed by atoms with E-state index in [4.69, 9.17) is 32.0 Å². The molecule has 0 spiro atoms. The maximum Gasteiger partial charge on any atom is 0.289 e.